The van der Waals surface area contributed by atoms with Gasteiger partial charge in [-0.05, 0) is 41.5 Å². The second-order valence-corrected chi connectivity index (χ2v) is 6.79. The third-order valence-electron chi connectivity index (χ3n) is 3.46. The predicted molar refractivity (Wildman–Crippen MR) is 97.3 cm³/mol. The summed E-state index contributed by atoms with van der Waals surface area (Å²) in [4.78, 5) is 0. The lowest BCUT2D eigenvalue weighted by Gasteiger charge is -2.08. The number of benzene rings is 2. The van der Waals surface area contributed by atoms with E-state index in [1.807, 2.05) is 12.1 Å². The maximum atomic E-state index is 12.1. The average molecular weight is 363 g/mol. The van der Waals surface area contributed by atoms with Crippen molar-refractivity contribution in [1.82, 2.24) is 4.72 Å². The van der Waals surface area contributed by atoms with E-state index in [0.717, 1.165) is 11.0 Å². The third-order valence-corrected chi connectivity index (χ3v) is 4.50. The molecule has 0 spiro atoms. The van der Waals surface area contributed by atoms with Crippen LogP contribution in [0.1, 0.15) is 11.1 Å². The molecule has 134 valence electrons. The average Bonchev–Trinajstić information content (AvgIpc) is 2.64. The highest BCUT2D eigenvalue weighted by Gasteiger charge is 2.07. The van der Waals surface area contributed by atoms with Gasteiger partial charge in [-0.1, -0.05) is 18.2 Å². The quantitative estimate of drug-likeness (QED) is 0.781. The zero-order chi connectivity index (χ0) is 18.3. The molecule has 2 rings (SSSR count). The first-order valence-electron chi connectivity index (χ1n) is 7.50. The van der Waals surface area contributed by atoms with E-state index in [2.05, 4.69) is 4.72 Å². The van der Waals surface area contributed by atoms with Gasteiger partial charge < -0.3 is 14.2 Å². The van der Waals surface area contributed by atoms with Gasteiger partial charge in [-0.15, -0.1) is 0 Å². The van der Waals surface area contributed by atoms with Gasteiger partial charge in [-0.25, -0.2) is 13.1 Å². The van der Waals surface area contributed by atoms with Gasteiger partial charge in [0.05, 0.1) is 21.3 Å². The molecule has 1 N–H and O–H groups in total. The Balaban J connectivity index is 2.06. The zero-order valence-corrected chi connectivity index (χ0v) is 15.2. The molecule has 0 aliphatic heterocycles. The molecule has 0 radical (unpaired) electrons. The highest BCUT2D eigenvalue weighted by molar-refractivity contribution is 7.92. The molecule has 0 saturated heterocycles. The Hall–Kier alpha value is -2.51. The van der Waals surface area contributed by atoms with Gasteiger partial charge >= 0.3 is 0 Å². The van der Waals surface area contributed by atoms with Crippen molar-refractivity contribution < 1.29 is 22.6 Å². The first-order valence-corrected chi connectivity index (χ1v) is 9.05. The summed E-state index contributed by atoms with van der Waals surface area (Å²) in [5.41, 5.74) is 1.49. The number of hydrogen-bond acceptors (Lipinski definition) is 5. The van der Waals surface area contributed by atoms with Gasteiger partial charge in [0, 0.05) is 12.0 Å². The van der Waals surface area contributed by atoms with Crippen LogP contribution in [0.15, 0.2) is 47.9 Å². The van der Waals surface area contributed by atoms with E-state index in [1.54, 1.807) is 44.6 Å². The summed E-state index contributed by atoms with van der Waals surface area (Å²) in [5.74, 6) is 1.79. The molecule has 2 aromatic carbocycles. The minimum Gasteiger partial charge on any atom is -0.497 e. The Morgan fingerprint density at radius 2 is 1.72 bits per heavy atom. The van der Waals surface area contributed by atoms with Crippen LogP contribution in [-0.2, 0) is 16.6 Å². The van der Waals surface area contributed by atoms with E-state index < -0.39 is 10.0 Å². The fourth-order valence-electron chi connectivity index (χ4n) is 2.14. The first-order chi connectivity index (χ1) is 12.0. The van der Waals surface area contributed by atoms with Gasteiger partial charge in [-0.3, -0.25) is 0 Å². The van der Waals surface area contributed by atoms with E-state index in [9.17, 15) is 8.42 Å². The van der Waals surface area contributed by atoms with Crippen molar-refractivity contribution in [3.63, 3.8) is 0 Å². The molecule has 25 heavy (non-hydrogen) atoms. The van der Waals surface area contributed by atoms with Crippen molar-refractivity contribution in [1.29, 1.82) is 0 Å². The summed E-state index contributed by atoms with van der Waals surface area (Å²) < 4.78 is 42.2. The number of hydrogen-bond donors (Lipinski definition) is 1. The Labute approximate surface area is 148 Å². The highest BCUT2D eigenvalue weighted by Crippen LogP contribution is 2.28. The standard InChI is InChI=1S/C18H21NO5S/c1-22-16-6-4-5-15(11-16)13-19-25(20,21)10-9-14-7-8-17(23-2)18(12-14)24-3/h4-12,19H,13H2,1-3H3/b10-9+. The monoisotopic (exact) mass is 363 g/mol. The molecule has 0 atom stereocenters. The van der Waals surface area contributed by atoms with Crippen LogP contribution in [0.3, 0.4) is 0 Å². The van der Waals surface area contributed by atoms with E-state index in [-0.39, 0.29) is 6.54 Å². The van der Waals surface area contributed by atoms with Crippen molar-refractivity contribution in [2.24, 2.45) is 0 Å². The van der Waals surface area contributed by atoms with Crippen LogP contribution in [-0.4, -0.2) is 29.7 Å². The molecule has 0 aliphatic rings. The van der Waals surface area contributed by atoms with E-state index in [4.69, 9.17) is 14.2 Å². The smallest absolute Gasteiger partial charge is 0.234 e. The normalized spacial score (nSPS) is 11.5. The lowest BCUT2D eigenvalue weighted by molar-refractivity contribution is 0.355. The Bertz CT molecular complexity index is 846. The van der Waals surface area contributed by atoms with Crippen molar-refractivity contribution in [2.45, 2.75) is 6.54 Å². The third kappa shape index (κ3) is 5.51. The van der Waals surface area contributed by atoms with Crippen molar-refractivity contribution >= 4 is 16.1 Å². The first kappa shape index (κ1) is 18.8. The van der Waals surface area contributed by atoms with Crippen LogP contribution in [0, 0.1) is 0 Å². The molecule has 7 heteroatoms. The molecule has 0 bridgehead atoms. The van der Waals surface area contributed by atoms with Gasteiger partial charge in [0.2, 0.25) is 10.0 Å². The van der Waals surface area contributed by atoms with Gasteiger partial charge in [-0.2, -0.15) is 0 Å². The summed E-state index contributed by atoms with van der Waals surface area (Å²) in [7, 11) is 1.06. The molecule has 0 aliphatic carbocycles. The van der Waals surface area contributed by atoms with Gasteiger partial charge in [0.1, 0.15) is 5.75 Å². The minimum absolute atomic E-state index is 0.176. The van der Waals surface area contributed by atoms with E-state index >= 15 is 0 Å². The van der Waals surface area contributed by atoms with Crippen LogP contribution in [0.4, 0.5) is 0 Å². The fourth-order valence-corrected chi connectivity index (χ4v) is 2.94. The molecule has 0 saturated carbocycles. The Morgan fingerprint density at radius 1 is 0.960 bits per heavy atom. The Morgan fingerprint density at radius 3 is 2.40 bits per heavy atom. The maximum Gasteiger partial charge on any atom is 0.234 e. The second-order valence-electron chi connectivity index (χ2n) is 5.13. The summed E-state index contributed by atoms with van der Waals surface area (Å²) in [6.45, 7) is 0.176. The lowest BCUT2D eigenvalue weighted by Crippen LogP contribution is -2.20. The van der Waals surface area contributed by atoms with Crippen molar-refractivity contribution in [3.05, 3.63) is 59.0 Å². The number of sulfonamides is 1. The van der Waals surface area contributed by atoms with Crippen LogP contribution in [0.5, 0.6) is 17.2 Å². The second kappa shape index (κ2) is 8.55. The molecular formula is C18H21NO5S. The summed E-state index contributed by atoms with van der Waals surface area (Å²) >= 11 is 0. The molecule has 6 nitrogen and oxygen atoms in total. The largest absolute Gasteiger partial charge is 0.497 e. The number of methoxy groups -OCH3 is 3. The van der Waals surface area contributed by atoms with Gasteiger partial charge in [0.15, 0.2) is 11.5 Å². The summed E-state index contributed by atoms with van der Waals surface area (Å²) in [6.07, 6.45) is 1.50. The molecule has 0 unspecified atom stereocenters. The fraction of sp³-hybridized carbons (Fsp3) is 0.222. The number of ether oxygens (including phenoxy) is 3. The van der Waals surface area contributed by atoms with Crippen molar-refractivity contribution in [3.8, 4) is 17.2 Å². The van der Waals surface area contributed by atoms with Gasteiger partial charge in [0.25, 0.3) is 0 Å². The highest BCUT2D eigenvalue weighted by atomic mass is 32.2. The summed E-state index contributed by atoms with van der Waals surface area (Å²) in [5, 5.41) is 1.12. The maximum absolute atomic E-state index is 12.1. The topological polar surface area (TPSA) is 73.9 Å². The number of nitrogens with one attached hydrogen (secondary N) is 1. The molecule has 0 fully saturated rings. The van der Waals surface area contributed by atoms with Crippen molar-refractivity contribution in [2.75, 3.05) is 21.3 Å². The number of rotatable bonds is 8. The molecule has 0 amide bonds. The minimum atomic E-state index is -3.58. The zero-order valence-electron chi connectivity index (χ0n) is 14.4. The van der Waals surface area contributed by atoms with Crippen LogP contribution in [0.25, 0.3) is 6.08 Å². The lowest BCUT2D eigenvalue weighted by atomic mass is 10.2. The van der Waals surface area contributed by atoms with Crippen LogP contribution < -0.4 is 18.9 Å². The molecule has 0 aromatic heterocycles. The summed E-state index contributed by atoms with van der Waals surface area (Å²) in [6, 6.07) is 12.4. The van der Waals surface area contributed by atoms with Crippen LogP contribution >= 0.6 is 0 Å². The molecule has 0 heterocycles. The van der Waals surface area contributed by atoms with E-state index in [0.29, 0.717) is 22.8 Å². The molecular weight excluding hydrogens is 342 g/mol. The predicted octanol–water partition coefficient (Wildman–Crippen LogP) is 2.80. The Kier molecular flexibility index (Phi) is 6.44. The van der Waals surface area contributed by atoms with E-state index in [1.165, 1.54) is 13.2 Å². The molecule has 2 aromatic rings. The SMILES string of the molecule is COc1cccc(CNS(=O)(=O)/C=C/c2ccc(OC)c(OC)c2)c1. The van der Waals surface area contributed by atoms with Crippen LogP contribution in [0.2, 0.25) is 0 Å².